The van der Waals surface area contributed by atoms with Gasteiger partial charge in [-0.3, -0.25) is 0 Å². The molecule has 1 atom stereocenters. The number of carbonyl (C=O) groups is 1. The molecule has 2 heterocycles. The van der Waals surface area contributed by atoms with Gasteiger partial charge in [0.05, 0.1) is 11.9 Å². The highest BCUT2D eigenvalue weighted by molar-refractivity contribution is 6.29. The molecular weight excluding hydrogens is 230 g/mol. The van der Waals surface area contributed by atoms with E-state index in [0.717, 1.165) is 25.1 Å². The number of carboxylic acid groups (broad SMARTS) is 1. The molecule has 5 nitrogen and oxygen atoms in total. The second-order valence-corrected chi connectivity index (χ2v) is 4.03. The van der Waals surface area contributed by atoms with Crippen LogP contribution in [0.4, 0.5) is 10.5 Å². The van der Waals surface area contributed by atoms with Crippen LogP contribution in [0.3, 0.4) is 0 Å². The van der Waals surface area contributed by atoms with Crippen LogP contribution < -0.4 is 10.2 Å². The summed E-state index contributed by atoms with van der Waals surface area (Å²) in [4.78, 5) is 16.6. The first-order valence-electron chi connectivity index (χ1n) is 5.04. The minimum atomic E-state index is -1.00. The SMILES string of the molecule is O=C(O)NC1CCCN1c1ccc(Cl)nc1. The highest BCUT2D eigenvalue weighted by Crippen LogP contribution is 2.24. The molecule has 2 N–H and O–H groups in total. The zero-order valence-electron chi connectivity index (χ0n) is 8.56. The van der Waals surface area contributed by atoms with Gasteiger partial charge in [0.25, 0.3) is 0 Å². The lowest BCUT2D eigenvalue weighted by Crippen LogP contribution is -2.43. The van der Waals surface area contributed by atoms with Crippen LogP contribution in [0.2, 0.25) is 5.15 Å². The van der Waals surface area contributed by atoms with Crippen molar-refractivity contribution < 1.29 is 9.90 Å². The Morgan fingerprint density at radius 2 is 2.44 bits per heavy atom. The maximum Gasteiger partial charge on any atom is 0.406 e. The number of amides is 1. The quantitative estimate of drug-likeness (QED) is 0.777. The Bertz CT molecular complexity index is 382. The molecule has 1 aromatic rings. The van der Waals surface area contributed by atoms with Gasteiger partial charge in [-0.05, 0) is 25.0 Å². The number of nitrogens with one attached hydrogen (secondary N) is 1. The van der Waals surface area contributed by atoms with E-state index in [0.29, 0.717) is 5.15 Å². The Hall–Kier alpha value is -1.49. The van der Waals surface area contributed by atoms with Crippen molar-refractivity contribution in [2.45, 2.75) is 19.0 Å². The van der Waals surface area contributed by atoms with Gasteiger partial charge in [-0.1, -0.05) is 11.6 Å². The summed E-state index contributed by atoms with van der Waals surface area (Å²) in [5.74, 6) is 0. The lowest BCUT2D eigenvalue weighted by atomic mass is 10.3. The third-order valence-electron chi connectivity index (χ3n) is 2.59. The molecule has 1 fully saturated rings. The van der Waals surface area contributed by atoms with Crippen LogP contribution in [0.15, 0.2) is 18.3 Å². The van der Waals surface area contributed by atoms with Crippen molar-refractivity contribution in [3.05, 3.63) is 23.5 Å². The normalized spacial score (nSPS) is 19.8. The fourth-order valence-electron chi connectivity index (χ4n) is 1.91. The van der Waals surface area contributed by atoms with Gasteiger partial charge in [-0.15, -0.1) is 0 Å². The third-order valence-corrected chi connectivity index (χ3v) is 2.81. The predicted octanol–water partition coefficient (Wildman–Crippen LogP) is 1.93. The molecule has 0 aliphatic carbocycles. The number of anilines is 1. The van der Waals surface area contributed by atoms with Gasteiger partial charge < -0.3 is 15.3 Å². The smallest absolute Gasteiger partial charge is 0.406 e. The van der Waals surface area contributed by atoms with Crippen LogP contribution in [0, 0.1) is 0 Å². The summed E-state index contributed by atoms with van der Waals surface area (Å²) in [6, 6.07) is 3.55. The molecule has 1 aliphatic heterocycles. The average molecular weight is 242 g/mol. The number of hydrogen-bond acceptors (Lipinski definition) is 3. The maximum absolute atomic E-state index is 10.6. The van der Waals surface area contributed by atoms with Gasteiger partial charge in [0.15, 0.2) is 0 Å². The van der Waals surface area contributed by atoms with Gasteiger partial charge in [-0.25, -0.2) is 9.78 Å². The van der Waals surface area contributed by atoms with E-state index in [1.54, 1.807) is 12.3 Å². The molecule has 1 unspecified atom stereocenters. The average Bonchev–Trinajstić information content (AvgIpc) is 2.66. The van der Waals surface area contributed by atoms with Crippen LogP contribution in [-0.4, -0.2) is 28.9 Å². The van der Waals surface area contributed by atoms with E-state index in [1.165, 1.54) is 0 Å². The lowest BCUT2D eigenvalue weighted by molar-refractivity contribution is 0.190. The largest absolute Gasteiger partial charge is 0.465 e. The summed E-state index contributed by atoms with van der Waals surface area (Å²) in [7, 11) is 0. The molecule has 86 valence electrons. The van der Waals surface area contributed by atoms with Crippen LogP contribution in [0.1, 0.15) is 12.8 Å². The Morgan fingerprint density at radius 3 is 3.06 bits per heavy atom. The van der Waals surface area contributed by atoms with Crippen molar-refractivity contribution in [1.29, 1.82) is 0 Å². The molecule has 1 aliphatic rings. The molecule has 0 aromatic carbocycles. The molecule has 0 saturated carbocycles. The number of rotatable bonds is 2. The van der Waals surface area contributed by atoms with Crippen molar-refractivity contribution in [3.63, 3.8) is 0 Å². The molecule has 0 spiro atoms. The van der Waals surface area contributed by atoms with Gasteiger partial charge >= 0.3 is 6.09 Å². The van der Waals surface area contributed by atoms with Crippen molar-refractivity contribution in [2.24, 2.45) is 0 Å². The topological polar surface area (TPSA) is 65.5 Å². The molecule has 6 heteroatoms. The Balaban J connectivity index is 2.13. The number of halogens is 1. The third kappa shape index (κ3) is 2.36. The zero-order valence-corrected chi connectivity index (χ0v) is 9.31. The first kappa shape index (κ1) is 11.0. The van der Waals surface area contributed by atoms with Crippen LogP contribution in [0.5, 0.6) is 0 Å². The van der Waals surface area contributed by atoms with E-state index < -0.39 is 6.09 Å². The first-order valence-corrected chi connectivity index (χ1v) is 5.42. The summed E-state index contributed by atoms with van der Waals surface area (Å²) in [6.07, 6.45) is 2.27. The van der Waals surface area contributed by atoms with Gasteiger partial charge in [0.2, 0.25) is 0 Å². The summed E-state index contributed by atoms with van der Waals surface area (Å²) in [5.41, 5.74) is 0.889. The van der Waals surface area contributed by atoms with E-state index in [4.69, 9.17) is 16.7 Å². The van der Waals surface area contributed by atoms with Crippen molar-refractivity contribution >= 4 is 23.4 Å². The van der Waals surface area contributed by atoms with Crippen molar-refractivity contribution in [3.8, 4) is 0 Å². The highest BCUT2D eigenvalue weighted by Gasteiger charge is 2.26. The van der Waals surface area contributed by atoms with E-state index in [-0.39, 0.29) is 6.17 Å². The molecule has 1 amide bonds. The number of hydrogen-bond donors (Lipinski definition) is 2. The second-order valence-electron chi connectivity index (χ2n) is 3.64. The monoisotopic (exact) mass is 241 g/mol. The Morgan fingerprint density at radius 1 is 1.62 bits per heavy atom. The molecule has 1 saturated heterocycles. The molecule has 16 heavy (non-hydrogen) atoms. The molecule has 1 aromatic heterocycles. The fraction of sp³-hybridized carbons (Fsp3) is 0.400. The first-order chi connectivity index (χ1) is 7.66. The zero-order chi connectivity index (χ0) is 11.5. The molecule has 0 radical (unpaired) electrons. The van der Waals surface area contributed by atoms with Crippen LogP contribution >= 0.6 is 11.6 Å². The van der Waals surface area contributed by atoms with E-state index in [2.05, 4.69) is 10.3 Å². The fourth-order valence-corrected chi connectivity index (χ4v) is 2.02. The van der Waals surface area contributed by atoms with E-state index in [9.17, 15) is 4.79 Å². The minimum Gasteiger partial charge on any atom is -0.465 e. The standard InChI is InChI=1S/C10H12ClN3O2/c11-8-4-3-7(6-12-8)14-5-1-2-9(14)13-10(15)16/h3-4,6,9,13H,1-2,5H2,(H,15,16). The molecular formula is C10H12ClN3O2. The Kier molecular flexibility index (Phi) is 3.14. The molecule has 2 rings (SSSR count). The predicted molar refractivity (Wildman–Crippen MR) is 60.8 cm³/mol. The van der Waals surface area contributed by atoms with Gasteiger partial charge in [0, 0.05) is 6.54 Å². The van der Waals surface area contributed by atoms with Gasteiger partial charge in [0.1, 0.15) is 11.3 Å². The minimum absolute atomic E-state index is 0.166. The number of aromatic nitrogens is 1. The maximum atomic E-state index is 10.6. The van der Waals surface area contributed by atoms with Crippen molar-refractivity contribution in [2.75, 3.05) is 11.4 Å². The van der Waals surface area contributed by atoms with E-state index in [1.807, 2.05) is 11.0 Å². The summed E-state index contributed by atoms with van der Waals surface area (Å²) in [6.45, 7) is 0.828. The summed E-state index contributed by atoms with van der Waals surface area (Å²) < 4.78 is 0. The van der Waals surface area contributed by atoms with Crippen LogP contribution in [-0.2, 0) is 0 Å². The lowest BCUT2D eigenvalue weighted by Gasteiger charge is -2.26. The van der Waals surface area contributed by atoms with Gasteiger partial charge in [-0.2, -0.15) is 0 Å². The molecule has 0 bridgehead atoms. The summed E-state index contributed by atoms with van der Waals surface area (Å²) in [5, 5.41) is 11.6. The summed E-state index contributed by atoms with van der Waals surface area (Å²) >= 11 is 5.70. The highest BCUT2D eigenvalue weighted by atomic mass is 35.5. The number of nitrogens with zero attached hydrogens (tertiary/aromatic N) is 2. The van der Waals surface area contributed by atoms with Crippen LogP contribution in [0.25, 0.3) is 0 Å². The van der Waals surface area contributed by atoms with Crippen molar-refractivity contribution in [1.82, 2.24) is 10.3 Å². The Labute approximate surface area is 98.0 Å². The second kappa shape index (κ2) is 4.57. The van der Waals surface area contributed by atoms with E-state index >= 15 is 0 Å². The number of pyridine rings is 1.